The zero-order valence-corrected chi connectivity index (χ0v) is 11.7. The number of hydrogen-bond acceptors (Lipinski definition) is 3. The molecule has 20 heavy (non-hydrogen) atoms. The van der Waals surface area contributed by atoms with Crippen molar-refractivity contribution in [3.05, 3.63) is 28.8 Å². The predicted molar refractivity (Wildman–Crippen MR) is 68.4 cm³/mol. The van der Waals surface area contributed by atoms with Crippen molar-refractivity contribution in [3.63, 3.8) is 0 Å². The maximum Gasteiger partial charge on any atom is 0.410 e. The molecule has 0 bridgehead atoms. The quantitative estimate of drug-likeness (QED) is 0.797. The summed E-state index contributed by atoms with van der Waals surface area (Å²) >= 11 is 0. The third-order valence-corrected chi connectivity index (χ3v) is 3.03. The Morgan fingerprint density at radius 3 is 2.60 bits per heavy atom. The summed E-state index contributed by atoms with van der Waals surface area (Å²) in [5.41, 5.74) is -0.0329. The van der Waals surface area contributed by atoms with E-state index in [4.69, 9.17) is 4.74 Å². The molecule has 0 aromatic heterocycles. The monoisotopic (exact) mass is 285 g/mol. The molecule has 1 aliphatic heterocycles. The van der Waals surface area contributed by atoms with Gasteiger partial charge in [-0.05, 0) is 38.8 Å². The Balaban J connectivity index is 2.23. The zero-order chi connectivity index (χ0) is 15.1. The van der Waals surface area contributed by atoms with Gasteiger partial charge in [-0.1, -0.05) is 0 Å². The number of hydrogen-bond donors (Lipinski definition) is 1. The number of carbonyl (C=O) groups is 1. The number of halogens is 2. The second-order valence-corrected chi connectivity index (χ2v) is 5.81. The molecule has 0 atom stereocenters. The first-order chi connectivity index (χ1) is 9.19. The van der Waals surface area contributed by atoms with E-state index >= 15 is 0 Å². The van der Waals surface area contributed by atoms with Gasteiger partial charge in [-0.25, -0.2) is 9.18 Å². The molecule has 1 aromatic rings. The van der Waals surface area contributed by atoms with E-state index in [1.54, 1.807) is 20.8 Å². The minimum Gasteiger partial charge on any atom is -0.505 e. The van der Waals surface area contributed by atoms with Crippen LogP contribution in [0, 0.1) is 11.6 Å². The van der Waals surface area contributed by atoms with Crippen molar-refractivity contribution in [1.82, 2.24) is 4.90 Å². The van der Waals surface area contributed by atoms with Crippen molar-refractivity contribution >= 4 is 6.09 Å². The van der Waals surface area contributed by atoms with Crippen molar-refractivity contribution in [2.24, 2.45) is 0 Å². The highest BCUT2D eigenvalue weighted by atomic mass is 19.2. The van der Waals surface area contributed by atoms with Crippen molar-refractivity contribution in [3.8, 4) is 5.75 Å². The van der Waals surface area contributed by atoms with Crippen LogP contribution in [-0.2, 0) is 17.7 Å². The third kappa shape index (κ3) is 2.84. The Labute approximate surface area is 116 Å². The summed E-state index contributed by atoms with van der Waals surface area (Å²) in [7, 11) is 0. The topological polar surface area (TPSA) is 49.8 Å². The number of phenolic OH excluding ortho intramolecular Hbond substituents is 1. The Bertz CT molecular complexity index is 552. The van der Waals surface area contributed by atoms with Gasteiger partial charge in [0.15, 0.2) is 11.6 Å². The molecular formula is C14H17F2NO3. The number of carbonyl (C=O) groups excluding carboxylic acids is 1. The minimum atomic E-state index is -1.28. The van der Waals surface area contributed by atoms with Crippen LogP contribution in [0.1, 0.15) is 31.9 Å². The van der Waals surface area contributed by atoms with Gasteiger partial charge in [0.1, 0.15) is 5.60 Å². The molecule has 0 fully saturated rings. The highest BCUT2D eigenvalue weighted by Crippen LogP contribution is 2.30. The van der Waals surface area contributed by atoms with Crippen LogP contribution >= 0.6 is 0 Å². The predicted octanol–water partition coefficient (Wildman–Crippen LogP) is 2.96. The summed E-state index contributed by atoms with van der Waals surface area (Å²) in [6, 6.07) is 1.21. The van der Waals surface area contributed by atoms with Crippen LogP contribution < -0.4 is 0 Å². The van der Waals surface area contributed by atoms with Crippen LogP contribution in [0.3, 0.4) is 0 Å². The van der Waals surface area contributed by atoms with Gasteiger partial charge < -0.3 is 14.7 Å². The van der Waals surface area contributed by atoms with Gasteiger partial charge >= 0.3 is 6.09 Å². The van der Waals surface area contributed by atoms with E-state index in [0.717, 1.165) is 0 Å². The van der Waals surface area contributed by atoms with Crippen molar-refractivity contribution < 1.29 is 23.4 Å². The molecule has 0 saturated heterocycles. The SMILES string of the molecule is CC(C)(C)OC(=O)N1CCc2cc(O)c(F)c(F)c2C1. The minimum absolute atomic E-state index is 0.0622. The number of aromatic hydroxyl groups is 1. The van der Waals surface area contributed by atoms with Gasteiger partial charge in [0, 0.05) is 12.1 Å². The largest absolute Gasteiger partial charge is 0.505 e. The van der Waals surface area contributed by atoms with Crippen LogP contribution in [0.2, 0.25) is 0 Å². The first-order valence-electron chi connectivity index (χ1n) is 6.35. The number of rotatable bonds is 0. The second-order valence-electron chi connectivity index (χ2n) is 5.81. The fourth-order valence-electron chi connectivity index (χ4n) is 2.10. The number of phenols is 1. The molecule has 2 rings (SSSR count). The van der Waals surface area contributed by atoms with E-state index < -0.39 is 29.1 Å². The van der Waals surface area contributed by atoms with Gasteiger partial charge in [0.2, 0.25) is 5.82 Å². The Morgan fingerprint density at radius 2 is 2.00 bits per heavy atom. The summed E-state index contributed by atoms with van der Waals surface area (Å²) in [6.07, 6.45) is -0.213. The van der Waals surface area contributed by atoms with Crippen LogP contribution in [0.4, 0.5) is 13.6 Å². The zero-order valence-electron chi connectivity index (χ0n) is 11.7. The van der Waals surface area contributed by atoms with Gasteiger partial charge in [-0.2, -0.15) is 4.39 Å². The molecule has 1 aliphatic rings. The molecule has 6 heteroatoms. The Kier molecular flexibility index (Phi) is 3.58. The fraction of sp³-hybridized carbons (Fsp3) is 0.500. The van der Waals surface area contributed by atoms with Gasteiger partial charge in [0.25, 0.3) is 0 Å². The van der Waals surface area contributed by atoms with E-state index in [-0.39, 0.29) is 12.1 Å². The van der Waals surface area contributed by atoms with Crippen LogP contribution in [-0.4, -0.2) is 28.2 Å². The Hall–Kier alpha value is -1.85. The Morgan fingerprint density at radius 1 is 1.35 bits per heavy atom. The van der Waals surface area contributed by atoms with E-state index in [2.05, 4.69) is 0 Å². The summed E-state index contributed by atoms with van der Waals surface area (Å²) in [5.74, 6) is -3.09. The average molecular weight is 285 g/mol. The van der Waals surface area contributed by atoms with E-state index in [9.17, 15) is 18.7 Å². The molecule has 1 amide bonds. The first kappa shape index (κ1) is 14.6. The third-order valence-electron chi connectivity index (χ3n) is 3.03. The summed E-state index contributed by atoms with van der Waals surface area (Å²) in [6.45, 7) is 5.49. The second kappa shape index (κ2) is 4.92. The van der Waals surface area contributed by atoms with Crippen LogP contribution in [0.15, 0.2) is 6.07 Å². The van der Waals surface area contributed by atoms with Gasteiger partial charge in [0.05, 0.1) is 6.54 Å². The fourth-order valence-corrected chi connectivity index (χ4v) is 2.10. The first-order valence-corrected chi connectivity index (χ1v) is 6.35. The molecule has 0 saturated carbocycles. The number of fused-ring (bicyclic) bond motifs is 1. The molecule has 1 N–H and O–H groups in total. The lowest BCUT2D eigenvalue weighted by molar-refractivity contribution is 0.0221. The van der Waals surface area contributed by atoms with Gasteiger partial charge in [-0.15, -0.1) is 0 Å². The van der Waals surface area contributed by atoms with Crippen molar-refractivity contribution in [2.75, 3.05) is 6.54 Å². The molecule has 1 aromatic carbocycles. The van der Waals surface area contributed by atoms with Crippen LogP contribution in [0.5, 0.6) is 5.75 Å². The molecule has 110 valence electrons. The molecule has 1 heterocycles. The summed E-state index contributed by atoms with van der Waals surface area (Å²) in [5, 5.41) is 9.26. The lowest BCUT2D eigenvalue weighted by atomic mass is 9.98. The molecule has 0 spiro atoms. The van der Waals surface area contributed by atoms with E-state index in [1.807, 2.05) is 0 Å². The number of ether oxygens (including phenoxy) is 1. The maximum absolute atomic E-state index is 13.8. The molecule has 0 unspecified atom stereocenters. The molecule has 0 radical (unpaired) electrons. The summed E-state index contributed by atoms with van der Waals surface area (Å²) < 4.78 is 32.4. The molecular weight excluding hydrogens is 268 g/mol. The standard InChI is InChI=1S/C14H17F2NO3/c1-14(2,3)20-13(19)17-5-4-8-6-10(18)12(16)11(15)9(8)7-17/h6,18H,4-5,7H2,1-3H3. The normalized spacial score (nSPS) is 14.9. The van der Waals surface area contributed by atoms with E-state index in [0.29, 0.717) is 18.5 Å². The maximum atomic E-state index is 13.8. The van der Waals surface area contributed by atoms with Gasteiger partial charge in [-0.3, -0.25) is 0 Å². The lowest BCUT2D eigenvalue weighted by Gasteiger charge is -2.31. The summed E-state index contributed by atoms with van der Waals surface area (Å²) in [4.78, 5) is 13.3. The number of amides is 1. The van der Waals surface area contributed by atoms with Crippen molar-refractivity contribution in [1.29, 1.82) is 0 Å². The van der Waals surface area contributed by atoms with E-state index in [1.165, 1.54) is 11.0 Å². The number of nitrogens with zero attached hydrogens (tertiary/aromatic N) is 1. The lowest BCUT2D eigenvalue weighted by Crippen LogP contribution is -2.40. The smallest absolute Gasteiger partial charge is 0.410 e. The van der Waals surface area contributed by atoms with Crippen LogP contribution in [0.25, 0.3) is 0 Å². The highest BCUT2D eigenvalue weighted by molar-refractivity contribution is 5.68. The van der Waals surface area contributed by atoms with Crippen molar-refractivity contribution in [2.45, 2.75) is 39.3 Å². The molecule has 0 aliphatic carbocycles. The number of benzene rings is 1. The molecule has 4 nitrogen and oxygen atoms in total. The average Bonchev–Trinajstić information content (AvgIpc) is 2.34. The highest BCUT2D eigenvalue weighted by Gasteiger charge is 2.29.